The molecule has 1 aliphatic rings. The SMILES string of the molecule is Cc1ccc(CN2CCCc3c(N)cccc32)c(-c2ccnn2C)c1. The number of benzene rings is 2. The highest BCUT2D eigenvalue weighted by Gasteiger charge is 2.20. The number of rotatable bonds is 3. The van der Waals surface area contributed by atoms with Crippen LogP contribution in [0.1, 0.15) is 23.1 Å². The maximum atomic E-state index is 6.21. The van der Waals surface area contributed by atoms with Crippen LogP contribution >= 0.6 is 0 Å². The largest absolute Gasteiger partial charge is 0.398 e. The summed E-state index contributed by atoms with van der Waals surface area (Å²) in [6, 6.07) is 15.1. The maximum Gasteiger partial charge on any atom is 0.0682 e. The van der Waals surface area contributed by atoms with Gasteiger partial charge >= 0.3 is 0 Å². The van der Waals surface area contributed by atoms with E-state index in [1.165, 1.54) is 27.9 Å². The first-order valence-corrected chi connectivity index (χ1v) is 8.83. The molecule has 0 unspecified atom stereocenters. The summed E-state index contributed by atoms with van der Waals surface area (Å²) < 4.78 is 1.94. The summed E-state index contributed by atoms with van der Waals surface area (Å²) in [4.78, 5) is 2.46. The number of nitrogen functional groups attached to an aromatic ring is 1. The lowest BCUT2D eigenvalue weighted by Gasteiger charge is -2.32. The van der Waals surface area contributed by atoms with Gasteiger partial charge in [0.05, 0.1) is 5.69 Å². The molecule has 2 heterocycles. The predicted octanol–water partition coefficient (Wildman–Crippen LogP) is 3.93. The third-order valence-corrected chi connectivity index (χ3v) is 5.11. The fourth-order valence-corrected chi connectivity index (χ4v) is 3.80. The van der Waals surface area contributed by atoms with E-state index in [4.69, 9.17) is 5.73 Å². The molecule has 128 valence electrons. The third kappa shape index (κ3) is 2.88. The number of nitrogens with zero attached hydrogens (tertiary/aromatic N) is 3. The van der Waals surface area contributed by atoms with Crippen LogP contribution in [-0.2, 0) is 20.0 Å². The second kappa shape index (κ2) is 6.28. The molecule has 0 saturated carbocycles. The molecule has 25 heavy (non-hydrogen) atoms. The van der Waals surface area contributed by atoms with Crippen LogP contribution in [0.3, 0.4) is 0 Å². The third-order valence-electron chi connectivity index (χ3n) is 5.11. The zero-order valence-corrected chi connectivity index (χ0v) is 14.9. The number of hydrogen-bond acceptors (Lipinski definition) is 3. The van der Waals surface area contributed by atoms with Crippen molar-refractivity contribution in [3.8, 4) is 11.3 Å². The molecule has 0 fully saturated rings. The molecule has 2 N–H and O–H groups in total. The van der Waals surface area contributed by atoms with Gasteiger partial charge < -0.3 is 10.6 Å². The van der Waals surface area contributed by atoms with E-state index in [0.717, 1.165) is 37.3 Å². The van der Waals surface area contributed by atoms with Gasteiger partial charge in [-0.3, -0.25) is 4.68 Å². The Morgan fingerprint density at radius 2 is 2.04 bits per heavy atom. The lowest BCUT2D eigenvalue weighted by Crippen LogP contribution is -2.29. The molecule has 1 aromatic heterocycles. The van der Waals surface area contributed by atoms with Gasteiger partial charge in [-0.05, 0) is 55.2 Å². The summed E-state index contributed by atoms with van der Waals surface area (Å²) in [5, 5.41) is 4.34. The fraction of sp³-hybridized carbons (Fsp3) is 0.286. The smallest absolute Gasteiger partial charge is 0.0682 e. The van der Waals surface area contributed by atoms with Crippen molar-refractivity contribution in [2.45, 2.75) is 26.3 Å². The number of fused-ring (bicyclic) bond motifs is 1. The molecule has 0 amide bonds. The van der Waals surface area contributed by atoms with Crippen LogP contribution in [0.25, 0.3) is 11.3 Å². The molecule has 0 saturated heterocycles. The van der Waals surface area contributed by atoms with Crippen molar-refractivity contribution >= 4 is 11.4 Å². The van der Waals surface area contributed by atoms with Crippen molar-refractivity contribution in [3.05, 3.63) is 65.4 Å². The van der Waals surface area contributed by atoms with Gasteiger partial charge in [-0.25, -0.2) is 0 Å². The highest BCUT2D eigenvalue weighted by molar-refractivity contribution is 5.69. The fourth-order valence-electron chi connectivity index (χ4n) is 3.80. The molecule has 4 nitrogen and oxygen atoms in total. The molecule has 2 aromatic carbocycles. The molecule has 0 radical (unpaired) electrons. The van der Waals surface area contributed by atoms with Crippen LogP contribution in [0.15, 0.2) is 48.7 Å². The molecule has 3 aromatic rings. The van der Waals surface area contributed by atoms with Gasteiger partial charge in [-0.2, -0.15) is 5.10 Å². The second-order valence-electron chi connectivity index (χ2n) is 6.87. The van der Waals surface area contributed by atoms with Gasteiger partial charge in [-0.15, -0.1) is 0 Å². The van der Waals surface area contributed by atoms with Crippen molar-refractivity contribution in [1.29, 1.82) is 0 Å². The van der Waals surface area contributed by atoms with Gasteiger partial charge in [0.1, 0.15) is 0 Å². The van der Waals surface area contributed by atoms with Crippen LogP contribution in [0.2, 0.25) is 0 Å². The molecule has 1 aliphatic heterocycles. The summed E-state index contributed by atoms with van der Waals surface area (Å²) >= 11 is 0. The number of hydrogen-bond donors (Lipinski definition) is 1. The van der Waals surface area contributed by atoms with Crippen molar-refractivity contribution < 1.29 is 0 Å². The van der Waals surface area contributed by atoms with E-state index in [2.05, 4.69) is 53.3 Å². The van der Waals surface area contributed by atoms with Gasteiger partial charge in [0.25, 0.3) is 0 Å². The lowest BCUT2D eigenvalue weighted by molar-refractivity contribution is 0.692. The van der Waals surface area contributed by atoms with Crippen LogP contribution in [0.4, 0.5) is 11.4 Å². The van der Waals surface area contributed by atoms with E-state index in [9.17, 15) is 0 Å². The molecule has 4 heteroatoms. The Kier molecular flexibility index (Phi) is 3.96. The molecule has 0 spiro atoms. The van der Waals surface area contributed by atoms with E-state index < -0.39 is 0 Å². The zero-order chi connectivity index (χ0) is 17.4. The normalized spacial score (nSPS) is 13.8. The highest BCUT2D eigenvalue weighted by Crippen LogP contribution is 2.34. The Balaban J connectivity index is 1.74. The Morgan fingerprint density at radius 3 is 2.84 bits per heavy atom. The van der Waals surface area contributed by atoms with E-state index in [1.54, 1.807) is 0 Å². The van der Waals surface area contributed by atoms with E-state index in [1.807, 2.05) is 24.0 Å². The number of aryl methyl sites for hydroxylation is 2. The molecular weight excluding hydrogens is 308 g/mol. The Bertz CT molecular complexity index is 910. The maximum absolute atomic E-state index is 6.21. The molecular formula is C21H24N4. The minimum Gasteiger partial charge on any atom is -0.398 e. The zero-order valence-electron chi connectivity index (χ0n) is 14.9. The minimum absolute atomic E-state index is 0.886. The van der Waals surface area contributed by atoms with Crippen molar-refractivity contribution in [3.63, 3.8) is 0 Å². The van der Waals surface area contributed by atoms with Gasteiger partial charge in [0.2, 0.25) is 0 Å². The van der Waals surface area contributed by atoms with Crippen molar-refractivity contribution in [2.75, 3.05) is 17.2 Å². The van der Waals surface area contributed by atoms with Crippen molar-refractivity contribution in [2.24, 2.45) is 7.05 Å². The average Bonchev–Trinajstić information content (AvgIpc) is 3.03. The summed E-state index contributed by atoms with van der Waals surface area (Å²) in [7, 11) is 2.00. The standard InChI is InChI=1S/C21H24N4/c1-15-8-9-16(18(13-15)20-10-11-23-24(20)2)14-25-12-4-5-17-19(22)6-3-7-21(17)25/h3,6-11,13H,4-5,12,14,22H2,1-2H3. The highest BCUT2D eigenvalue weighted by atomic mass is 15.3. The number of nitrogens with two attached hydrogens (primary N) is 1. The Labute approximate surface area is 148 Å². The average molecular weight is 332 g/mol. The van der Waals surface area contributed by atoms with Crippen LogP contribution in [-0.4, -0.2) is 16.3 Å². The second-order valence-corrected chi connectivity index (χ2v) is 6.87. The van der Waals surface area contributed by atoms with Crippen LogP contribution in [0, 0.1) is 6.92 Å². The summed E-state index contributed by atoms with van der Waals surface area (Å²) in [5.41, 5.74) is 14.7. The first-order valence-electron chi connectivity index (χ1n) is 8.83. The van der Waals surface area contributed by atoms with Crippen LogP contribution in [0.5, 0.6) is 0 Å². The summed E-state index contributed by atoms with van der Waals surface area (Å²) in [6.45, 7) is 4.09. The molecule has 0 aliphatic carbocycles. The first-order chi connectivity index (χ1) is 12.1. The first kappa shape index (κ1) is 15.8. The Hall–Kier alpha value is -2.75. The quantitative estimate of drug-likeness (QED) is 0.739. The lowest BCUT2D eigenvalue weighted by atomic mass is 9.97. The number of aromatic nitrogens is 2. The van der Waals surface area contributed by atoms with E-state index in [-0.39, 0.29) is 0 Å². The van der Waals surface area contributed by atoms with E-state index in [0.29, 0.717) is 0 Å². The predicted molar refractivity (Wildman–Crippen MR) is 104 cm³/mol. The van der Waals surface area contributed by atoms with Gasteiger partial charge in [-0.1, -0.05) is 23.8 Å². The minimum atomic E-state index is 0.886. The monoisotopic (exact) mass is 332 g/mol. The van der Waals surface area contributed by atoms with Gasteiger partial charge in [0, 0.05) is 43.3 Å². The topological polar surface area (TPSA) is 47.1 Å². The Morgan fingerprint density at radius 1 is 1.16 bits per heavy atom. The summed E-state index contributed by atoms with van der Waals surface area (Å²) in [6.07, 6.45) is 4.08. The van der Waals surface area contributed by atoms with Gasteiger partial charge in [0.15, 0.2) is 0 Å². The molecule has 0 atom stereocenters. The molecule has 0 bridgehead atoms. The summed E-state index contributed by atoms with van der Waals surface area (Å²) in [5.74, 6) is 0. The number of anilines is 2. The molecule has 4 rings (SSSR count). The van der Waals surface area contributed by atoms with Crippen molar-refractivity contribution in [1.82, 2.24) is 9.78 Å². The van der Waals surface area contributed by atoms with Crippen LogP contribution < -0.4 is 10.6 Å². The van der Waals surface area contributed by atoms with E-state index >= 15 is 0 Å².